The predicted molar refractivity (Wildman–Crippen MR) is 154 cm³/mol. The number of halogens is 1. The van der Waals surface area contributed by atoms with Crippen molar-refractivity contribution in [1.82, 2.24) is 20.3 Å². The summed E-state index contributed by atoms with van der Waals surface area (Å²) >= 11 is 6.25. The molecule has 1 saturated heterocycles. The van der Waals surface area contributed by atoms with Crippen molar-refractivity contribution in [3.8, 4) is 5.88 Å². The quantitative estimate of drug-likeness (QED) is 0.263. The Labute approximate surface area is 240 Å². The second kappa shape index (κ2) is 9.43. The van der Waals surface area contributed by atoms with E-state index in [4.69, 9.17) is 25.7 Å². The van der Waals surface area contributed by atoms with E-state index in [9.17, 15) is 18.0 Å². The zero-order valence-electron chi connectivity index (χ0n) is 21.9. The van der Waals surface area contributed by atoms with Gasteiger partial charge in [-0.25, -0.2) is 13.4 Å². The van der Waals surface area contributed by atoms with Crippen LogP contribution >= 0.6 is 11.6 Å². The monoisotopic (exact) mass is 594 g/mol. The molecule has 3 fully saturated rings. The predicted octanol–water partition coefficient (Wildman–Crippen LogP) is 3.57. The van der Waals surface area contributed by atoms with Gasteiger partial charge in [0.1, 0.15) is 22.7 Å². The van der Waals surface area contributed by atoms with Crippen LogP contribution in [0.1, 0.15) is 25.7 Å². The lowest BCUT2D eigenvalue weighted by atomic mass is 10.1. The molecule has 2 aliphatic carbocycles. The van der Waals surface area contributed by atoms with Crippen LogP contribution in [-0.4, -0.2) is 54.7 Å². The molecule has 0 spiro atoms. The minimum atomic E-state index is -3.75. The molecule has 3 aliphatic rings. The second-order valence-corrected chi connectivity index (χ2v) is 13.4. The standard InChI is InChI=1S/C29H27ClN4O6S/c1-2-15-13-29(15,28(36)34-41(37,38)18-8-9-18)33-26(35)22-12-17(14-31-22)39-27-20-6-4-3-5-19(20)25-24(32-27)21-11-16(30)7-10-23(21)40-25/h2-7,10-11,15,17-18,22,31H,1,8-9,12-14H2,(H,33,35)(H,34,36)/t15-,17?,22?,29-/m1/s1. The molecular formula is C29H27ClN4O6S. The highest BCUT2D eigenvalue weighted by atomic mass is 35.5. The van der Waals surface area contributed by atoms with Gasteiger partial charge in [-0.2, -0.15) is 0 Å². The molecule has 0 bridgehead atoms. The van der Waals surface area contributed by atoms with E-state index in [2.05, 4.69) is 21.9 Å². The number of carbonyl (C=O) groups excluding carboxylic acids is 2. The summed E-state index contributed by atoms with van der Waals surface area (Å²) in [5.41, 5.74) is 0.614. The third-order valence-corrected chi connectivity index (χ3v) is 10.2. The number of furan rings is 1. The van der Waals surface area contributed by atoms with E-state index in [1.807, 2.05) is 36.4 Å². The first kappa shape index (κ1) is 26.2. The van der Waals surface area contributed by atoms with E-state index in [1.165, 1.54) is 0 Å². The van der Waals surface area contributed by atoms with Crippen LogP contribution in [0.2, 0.25) is 5.02 Å². The molecule has 2 aromatic carbocycles. The molecule has 4 atom stereocenters. The average Bonchev–Trinajstić information content (AvgIpc) is 3.85. The van der Waals surface area contributed by atoms with Gasteiger partial charge in [0.15, 0.2) is 5.58 Å². The number of pyridine rings is 1. The summed E-state index contributed by atoms with van der Waals surface area (Å²) in [4.78, 5) is 31.1. The molecule has 3 heterocycles. The first-order chi connectivity index (χ1) is 19.7. The molecule has 12 heteroatoms. The van der Waals surface area contributed by atoms with Crippen LogP contribution in [0.25, 0.3) is 32.8 Å². The average molecular weight is 595 g/mol. The number of benzene rings is 2. The Bertz CT molecular complexity index is 1870. The van der Waals surface area contributed by atoms with Crippen LogP contribution in [-0.2, 0) is 19.6 Å². The molecule has 3 N–H and O–H groups in total. The Kier molecular flexibility index (Phi) is 6.04. The molecule has 2 amide bonds. The van der Waals surface area contributed by atoms with Gasteiger partial charge in [-0.3, -0.25) is 14.3 Å². The number of carbonyl (C=O) groups is 2. The third-order valence-electron chi connectivity index (χ3n) is 8.17. The minimum absolute atomic E-state index is 0.291. The van der Waals surface area contributed by atoms with Crippen molar-refractivity contribution in [3.63, 3.8) is 0 Å². The topological polar surface area (TPSA) is 140 Å². The SMILES string of the molecule is C=C[C@@H]1C[C@]1(NC(=O)C1CC(Oc2nc3c4cc(Cl)ccc4oc3c3ccccc23)CN1)C(=O)NS(=O)(=O)C1CC1. The van der Waals surface area contributed by atoms with Gasteiger partial charge in [0.2, 0.25) is 21.8 Å². The maximum Gasteiger partial charge on any atom is 0.259 e. The fourth-order valence-corrected chi connectivity index (χ4v) is 7.18. The summed E-state index contributed by atoms with van der Waals surface area (Å²) in [6.07, 6.45) is 2.87. The zero-order chi connectivity index (χ0) is 28.5. The molecule has 2 unspecified atom stereocenters. The molecule has 7 rings (SSSR count). The Morgan fingerprint density at radius 1 is 1.17 bits per heavy atom. The molecule has 4 aromatic rings. The lowest BCUT2D eigenvalue weighted by molar-refractivity contribution is -0.130. The van der Waals surface area contributed by atoms with Crippen LogP contribution in [0.3, 0.4) is 0 Å². The van der Waals surface area contributed by atoms with E-state index >= 15 is 0 Å². The summed E-state index contributed by atoms with van der Waals surface area (Å²) in [5, 5.41) is 8.39. The van der Waals surface area contributed by atoms with Crippen molar-refractivity contribution in [2.24, 2.45) is 5.92 Å². The third kappa shape index (κ3) is 4.52. The van der Waals surface area contributed by atoms with E-state index in [0.29, 0.717) is 59.8 Å². The minimum Gasteiger partial charge on any atom is -0.472 e. The molecule has 2 aromatic heterocycles. The number of ether oxygens (including phenoxy) is 1. The maximum absolute atomic E-state index is 13.3. The molecule has 1 aliphatic heterocycles. The largest absolute Gasteiger partial charge is 0.472 e. The highest BCUT2D eigenvalue weighted by Gasteiger charge is 2.61. The summed E-state index contributed by atoms with van der Waals surface area (Å²) in [7, 11) is -3.75. The highest BCUT2D eigenvalue weighted by molar-refractivity contribution is 7.91. The number of hydrogen-bond donors (Lipinski definition) is 3. The number of rotatable bonds is 8. The second-order valence-electron chi connectivity index (χ2n) is 11.0. The summed E-state index contributed by atoms with van der Waals surface area (Å²) in [6, 6.07) is 12.4. The number of sulfonamides is 1. The Balaban J connectivity index is 1.10. The first-order valence-electron chi connectivity index (χ1n) is 13.5. The normalized spacial score (nSPS) is 25.8. The van der Waals surface area contributed by atoms with Crippen molar-refractivity contribution >= 4 is 66.3 Å². The lowest BCUT2D eigenvalue weighted by Gasteiger charge is -2.21. The van der Waals surface area contributed by atoms with Crippen LogP contribution in [0.15, 0.2) is 59.5 Å². The number of nitrogens with one attached hydrogen (secondary N) is 3. The van der Waals surface area contributed by atoms with E-state index in [1.54, 1.807) is 12.1 Å². The van der Waals surface area contributed by atoms with Crippen molar-refractivity contribution in [3.05, 3.63) is 60.1 Å². The number of fused-ring (bicyclic) bond motifs is 5. The Morgan fingerprint density at radius 3 is 2.68 bits per heavy atom. The van der Waals surface area contributed by atoms with Gasteiger partial charge in [0.25, 0.3) is 5.91 Å². The molecular weight excluding hydrogens is 568 g/mol. The van der Waals surface area contributed by atoms with Gasteiger partial charge in [-0.15, -0.1) is 6.58 Å². The van der Waals surface area contributed by atoms with E-state index in [-0.39, 0.29) is 12.0 Å². The van der Waals surface area contributed by atoms with E-state index in [0.717, 1.165) is 16.2 Å². The molecule has 41 heavy (non-hydrogen) atoms. The van der Waals surface area contributed by atoms with Crippen LogP contribution in [0.4, 0.5) is 0 Å². The molecule has 0 radical (unpaired) electrons. The van der Waals surface area contributed by atoms with Crippen molar-refractivity contribution in [2.75, 3.05) is 6.54 Å². The van der Waals surface area contributed by atoms with Gasteiger partial charge in [0.05, 0.1) is 11.3 Å². The first-order valence-corrected chi connectivity index (χ1v) is 15.4. The zero-order valence-corrected chi connectivity index (χ0v) is 23.4. The van der Waals surface area contributed by atoms with Gasteiger partial charge >= 0.3 is 0 Å². The number of aromatic nitrogens is 1. The van der Waals surface area contributed by atoms with Crippen LogP contribution in [0.5, 0.6) is 5.88 Å². The molecule has 212 valence electrons. The van der Waals surface area contributed by atoms with Crippen LogP contribution < -0.4 is 20.1 Å². The fraction of sp³-hybridized carbons (Fsp3) is 0.345. The van der Waals surface area contributed by atoms with Crippen LogP contribution in [0, 0.1) is 5.92 Å². The van der Waals surface area contributed by atoms with Crippen molar-refractivity contribution in [1.29, 1.82) is 0 Å². The maximum atomic E-state index is 13.3. The Hall–Kier alpha value is -3.67. The lowest BCUT2D eigenvalue weighted by Crippen LogP contribution is -2.55. The molecule has 10 nitrogen and oxygen atoms in total. The number of nitrogens with zero attached hydrogens (tertiary/aromatic N) is 1. The summed E-state index contributed by atoms with van der Waals surface area (Å²) in [6.45, 7) is 4.12. The molecule has 2 saturated carbocycles. The highest BCUT2D eigenvalue weighted by Crippen LogP contribution is 2.45. The fourth-order valence-electron chi connectivity index (χ4n) is 5.64. The van der Waals surface area contributed by atoms with Gasteiger partial charge < -0.3 is 19.8 Å². The van der Waals surface area contributed by atoms with Gasteiger partial charge in [0, 0.05) is 40.1 Å². The van der Waals surface area contributed by atoms with Crippen molar-refractivity contribution in [2.45, 2.75) is 48.6 Å². The van der Waals surface area contributed by atoms with Gasteiger partial charge in [-0.1, -0.05) is 35.9 Å². The number of amides is 2. The van der Waals surface area contributed by atoms with Gasteiger partial charge in [-0.05, 0) is 43.5 Å². The summed E-state index contributed by atoms with van der Waals surface area (Å²) < 4.78 is 39.4. The van der Waals surface area contributed by atoms with Crippen molar-refractivity contribution < 1.29 is 27.2 Å². The van der Waals surface area contributed by atoms with E-state index < -0.39 is 38.7 Å². The smallest absolute Gasteiger partial charge is 0.259 e. The summed E-state index contributed by atoms with van der Waals surface area (Å²) in [5.74, 6) is -1.05. The Morgan fingerprint density at radius 2 is 1.95 bits per heavy atom. The number of hydrogen-bond acceptors (Lipinski definition) is 8.